The van der Waals surface area contributed by atoms with Gasteiger partial charge in [-0.15, -0.1) is 0 Å². The third-order valence-electron chi connectivity index (χ3n) is 3.86. The number of benzene rings is 2. The monoisotopic (exact) mass is 285 g/mol. The first-order valence-corrected chi connectivity index (χ1v) is 7.45. The third kappa shape index (κ3) is 2.93. The Morgan fingerprint density at radius 1 is 1.19 bits per heavy atom. The Bertz CT molecular complexity index is 624. The molecule has 2 aromatic rings. The standard InChI is InChI=1S/C18H20FNO/c1-3-20-18(13-4-7-16(19)8-5-13)14-6-9-17-15(11-14)10-12(2)21-17/h4-9,11-12,18,20H,3,10H2,1-2H3. The summed E-state index contributed by atoms with van der Waals surface area (Å²) in [4.78, 5) is 0. The molecular weight excluding hydrogens is 265 g/mol. The van der Waals surface area contributed by atoms with Gasteiger partial charge >= 0.3 is 0 Å². The molecule has 2 unspecified atom stereocenters. The first-order valence-electron chi connectivity index (χ1n) is 7.45. The molecule has 0 spiro atoms. The summed E-state index contributed by atoms with van der Waals surface area (Å²) in [6.45, 7) is 5.02. The minimum atomic E-state index is -0.204. The van der Waals surface area contributed by atoms with E-state index < -0.39 is 0 Å². The van der Waals surface area contributed by atoms with Crippen molar-refractivity contribution in [2.24, 2.45) is 0 Å². The van der Waals surface area contributed by atoms with Crippen LogP contribution in [-0.2, 0) is 6.42 Å². The molecule has 2 aromatic carbocycles. The summed E-state index contributed by atoms with van der Waals surface area (Å²) < 4.78 is 18.9. The van der Waals surface area contributed by atoms with Crippen LogP contribution in [0.2, 0.25) is 0 Å². The molecule has 0 bridgehead atoms. The van der Waals surface area contributed by atoms with Gasteiger partial charge in [-0.25, -0.2) is 4.39 Å². The maximum atomic E-state index is 13.1. The van der Waals surface area contributed by atoms with Gasteiger partial charge in [0.05, 0.1) is 6.04 Å². The second-order valence-corrected chi connectivity index (χ2v) is 5.54. The number of ether oxygens (including phenoxy) is 1. The minimum absolute atomic E-state index is 0.0804. The Hall–Kier alpha value is -1.87. The van der Waals surface area contributed by atoms with E-state index in [4.69, 9.17) is 4.74 Å². The quantitative estimate of drug-likeness (QED) is 0.921. The maximum absolute atomic E-state index is 13.1. The van der Waals surface area contributed by atoms with Gasteiger partial charge < -0.3 is 10.1 Å². The van der Waals surface area contributed by atoms with E-state index in [1.807, 2.05) is 18.2 Å². The number of hydrogen-bond donors (Lipinski definition) is 1. The van der Waals surface area contributed by atoms with Gasteiger partial charge in [0.25, 0.3) is 0 Å². The highest BCUT2D eigenvalue weighted by Crippen LogP contribution is 2.32. The van der Waals surface area contributed by atoms with Gasteiger partial charge in [-0.2, -0.15) is 0 Å². The van der Waals surface area contributed by atoms with E-state index in [-0.39, 0.29) is 18.0 Å². The Kier molecular flexibility index (Phi) is 3.93. The topological polar surface area (TPSA) is 21.3 Å². The lowest BCUT2D eigenvalue weighted by Crippen LogP contribution is -2.22. The second kappa shape index (κ2) is 5.86. The van der Waals surface area contributed by atoms with Gasteiger partial charge in [0.15, 0.2) is 0 Å². The van der Waals surface area contributed by atoms with Crippen LogP contribution in [0.3, 0.4) is 0 Å². The zero-order valence-corrected chi connectivity index (χ0v) is 12.4. The van der Waals surface area contributed by atoms with Gasteiger partial charge in [0, 0.05) is 6.42 Å². The molecular formula is C18H20FNO. The molecule has 1 aliphatic heterocycles. The fraction of sp³-hybridized carbons (Fsp3) is 0.333. The molecule has 3 heteroatoms. The Morgan fingerprint density at radius 3 is 2.62 bits per heavy atom. The van der Waals surface area contributed by atoms with Gasteiger partial charge in [-0.05, 0) is 48.4 Å². The molecule has 0 amide bonds. The fourth-order valence-electron chi connectivity index (χ4n) is 2.91. The number of halogens is 1. The summed E-state index contributed by atoms with van der Waals surface area (Å²) in [5.41, 5.74) is 3.52. The molecule has 2 nitrogen and oxygen atoms in total. The van der Waals surface area contributed by atoms with Crippen LogP contribution in [0, 0.1) is 5.82 Å². The molecule has 0 fully saturated rings. The van der Waals surface area contributed by atoms with Crippen molar-refractivity contribution in [1.29, 1.82) is 0 Å². The van der Waals surface area contributed by atoms with Crippen molar-refractivity contribution in [2.75, 3.05) is 6.54 Å². The highest BCUT2D eigenvalue weighted by Gasteiger charge is 2.21. The van der Waals surface area contributed by atoms with Crippen LogP contribution in [0.5, 0.6) is 5.75 Å². The maximum Gasteiger partial charge on any atom is 0.123 e. The molecule has 1 aliphatic rings. The van der Waals surface area contributed by atoms with Crippen LogP contribution in [0.15, 0.2) is 42.5 Å². The third-order valence-corrected chi connectivity index (χ3v) is 3.86. The molecule has 1 heterocycles. The van der Waals surface area contributed by atoms with Crippen molar-refractivity contribution < 1.29 is 9.13 Å². The summed E-state index contributed by atoms with van der Waals surface area (Å²) in [5, 5.41) is 3.47. The van der Waals surface area contributed by atoms with Crippen molar-refractivity contribution in [1.82, 2.24) is 5.32 Å². The number of nitrogens with one attached hydrogen (secondary N) is 1. The summed E-state index contributed by atoms with van der Waals surface area (Å²) in [6, 6.07) is 13.1. The van der Waals surface area contributed by atoms with Crippen molar-refractivity contribution >= 4 is 0 Å². The number of hydrogen-bond acceptors (Lipinski definition) is 2. The van der Waals surface area contributed by atoms with Gasteiger partial charge in [-0.3, -0.25) is 0 Å². The summed E-state index contributed by atoms with van der Waals surface area (Å²) in [7, 11) is 0. The van der Waals surface area contributed by atoms with E-state index >= 15 is 0 Å². The largest absolute Gasteiger partial charge is 0.490 e. The van der Waals surface area contributed by atoms with E-state index in [0.29, 0.717) is 0 Å². The van der Waals surface area contributed by atoms with Crippen LogP contribution in [0.25, 0.3) is 0 Å². The zero-order chi connectivity index (χ0) is 14.8. The van der Waals surface area contributed by atoms with Gasteiger partial charge in [0.1, 0.15) is 17.7 Å². The number of fused-ring (bicyclic) bond motifs is 1. The highest BCUT2D eigenvalue weighted by atomic mass is 19.1. The second-order valence-electron chi connectivity index (χ2n) is 5.54. The van der Waals surface area contributed by atoms with E-state index in [1.54, 1.807) is 0 Å². The van der Waals surface area contributed by atoms with Crippen molar-refractivity contribution in [3.63, 3.8) is 0 Å². The van der Waals surface area contributed by atoms with Crippen LogP contribution in [0.1, 0.15) is 36.6 Å². The summed E-state index contributed by atoms with van der Waals surface area (Å²) >= 11 is 0. The zero-order valence-electron chi connectivity index (χ0n) is 12.4. The van der Waals surface area contributed by atoms with Crippen LogP contribution in [-0.4, -0.2) is 12.6 Å². The SMILES string of the molecule is CCNC(c1ccc(F)cc1)c1ccc2c(c1)CC(C)O2. The van der Waals surface area contributed by atoms with Crippen LogP contribution in [0.4, 0.5) is 4.39 Å². The predicted octanol–water partition coefficient (Wildman–Crippen LogP) is 3.85. The van der Waals surface area contributed by atoms with E-state index in [1.165, 1.54) is 23.3 Å². The Morgan fingerprint density at radius 2 is 1.90 bits per heavy atom. The molecule has 1 N–H and O–H groups in total. The average molecular weight is 285 g/mol. The van der Waals surface area contributed by atoms with E-state index in [0.717, 1.165) is 24.3 Å². The van der Waals surface area contributed by atoms with Gasteiger partial charge in [0.2, 0.25) is 0 Å². The van der Waals surface area contributed by atoms with Crippen molar-refractivity contribution in [3.05, 3.63) is 65.0 Å². The molecule has 0 aromatic heterocycles. The molecule has 0 saturated heterocycles. The highest BCUT2D eigenvalue weighted by molar-refractivity contribution is 5.43. The molecule has 0 aliphatic carbocycles. The lowest BCUT2D eigenvalue weighted by molar-refractivity contribution is 0.254. The molecule has 21 heavy (non-hydrogen) atoms. The molecule has 110 valence electrons. The van der Waals surface area contributed by atoms with Crippen molar-refractivity contribution in [3.8, 4) is 5.75 Å². The van der Waals surface area contributed by atoms with E-state index in [2.05, 4.69) is 31.3 Å². The van der Waals surface area contributed by atoms with E-state index in [9.17, 15) is 4.39 Å². The van der Waals surface area contributed by atoms with Crippen molar-refractivity contribution in [2.45, 2.75) is 32.4 Å². The molecule has 0 radical (unpaired) electrons. The van der Waals surface area contributed by atoms with Gasteiger partial charge in [-0.1, -0.05) is 31.2 Å². The Balaban J connectivity index is 1.94. The first-order chi connectivity index (χ1) is 10.2. The fourth-order valence-corrected chi connectivity index (χ4v) is 2.91. The van der Waals surface area contributed by atoms with Crippen LogP contribution >= 0.6 is 0 Å². The lowest BCUT2D eigenvalue weighted by atomic mass is 9.96. The Labute approximate surface area is 125 Å². The number of rotatable bonds is 4. The normalized spacial score (nSPS) is 18.1. The lowest BCUT2D eigenvalue weighted by Gasteiger charge is -2.19. The molecule has 2 atom stereocenters. The summed E-state index contributed by atoms with van der Waals surface area (Å²) in [6.07, 6.45) is 1.20. The average Bonchev–Trinajstić information content (AvgIpc) is 2.85. The van der Waals surface area contributed by atoms with Crippen LogP contribution < -0.4 is 10.1 Å². The summed E-state index contributed by atoms with van der Waals surface area (Å²) in [5.74, 6) is 0.783. The minimum Gasteiger partial charge on any atom is -0.490 e. The predicted molar refractivity (Wildman–Crippen MR) is 82.2 cm³/mol. The molecule has 3 rings (SSSR count). The molecule has 0 saturated carbocycles. The smallest absolute Gasteiger partial charge is 0.123 e. The first kappa shape index (κ1) is 14.1.